The number of benzene rings is 2. The first-order chi connectivity index (χ1) is 14.1. The Kier molecular flexibility index (Phi) is 5.92. The summed E-state index contributed by atoms with van der Waals surface area (Å²) in [5, 5.41) is 2.37. The van der Waals surface area contributed by atoms with Gasteiger partial charge in [0.1, 0.15) is 16.5 Å². The van der Waals surface area contributed by atoms with E-state index in [0.717, 1.165) is 11.1 Å². The number of nitrogens with one attached hydrogen (secondary N) is 1. The summed E-state index contributed by atoms with van der Waals surface area (Å²) in [6, 6.07) is 12.3. The van der Waals surface area contributed by atoms with Crippen LogP contribution in [0.3, 0.4) is 0 Å². The highest BCUT2D eigenvalue weighted by molar-refractivity contribution is 7.98. The molecule has 1 N–H and O–H groups in total. The van der Waals surface area contributed by atoms with Crippen LogP contribution in [0.5, 0.6) is 5.75 Å². The third-order valence-corrected chi connectivity index (χ3v) is 6.01. The normalized spacial score (nSPS) is 11.1. The van der Waals surface area contributed by atoms with Crippen LogP contribution < -0.4 is 10.3 Å². The van der Waals surface area contributed by atoms with Crippen molar-refractivity contribution in [2.24, 2.45) is 0 Å². The standard InChI is InChI=1S/C21H16F2N2O2S2/c22-14-7-5-13(6-8-14)15-11-29-21-19(15)20(26)24-18(25-21)12-28-10-9-27-17-4-2-1-3-16(17)23/h1-8,11H,9-10,12H2,(H,24,25,26). The summed E-state index contributed by atoms with van der Waals surface area (Å²) >= 11 is 2.92. The first kappa shape index (κ1) is 19.6. The number of thioether (sulfide) groups is 1. The molecule has 0 aliphatic rings. The van der Waals surface area contributed by atoms with Gasteiger partial charge in [0.25, 0.3) is 5.56 Å². The molecule has 0 unspecified atom stereocenters. The molecule has 0 atom stereocenters. The molecule has 2 aromatic carbocycles. The molecule has 4 nitrogen and oxygen atoms in total. The topological polar surface area (TPSA) is 55.0 Å². The van der Waals surface area contributed by atoms with E-state index in [1.807, 2.05) is 5.38 Å². The molecule has 0 radical (unpaired) electrons. The zero-order chi connectivity index (χ0) is 20.2. The second kappa shape index (κ2) is 8.75. The molecule has 2 aromatic heterocycles. The minimum Gasteiger partial charge on any atom is -0.490 e. The summed E-state index contributed by atoms with van der Waals surface area (Å²) in [7, 11) is 0. The van der Waals surface area contributed by atoms with Crippen molar-refractivity contribution < 1.29 is 13.5 Å². The molecular formula is C21H16F2N2O2S2. The van der Waals surface area contributed by atoms with E-state index in [2.05, 4.69) is 9.97 Å². The Bertz CT molecular complexity index is 1190. The average Bonchev–Trinajstić information content (AvgIpc) is 3.14. The van der Waals surface area contributed by atoms with Gasteiger partial charge >= 0.3 is 0 Å². The van der Waals surface area contributed by atoms with Gasteiger partial charge in [-0.15, -0.1) is 11.3 Å². The highest BCUT2D eigenvalue weighted by Gasteiger charge is 2.13. The fraction of sp³-hybridized carbons (Fsp3) is 0.143. The van der Waals surface area contributed by atoms with E-state index in [9.17, 15) is 13.6 Å². The molecule has 0 saturated carbocycles. The number of halogens is 2. The van der Waals surface area contributed by atoms with Gasteiger partial charge in [-0.05, 0) is 29.8 Å². The number of H-pyrrole nitrogens is 1. The van der Waals surface area contributed by atoms with Gasteiger partial charge in [0.15, 0.2) is 11.6 Å². The minimum atomic E-state index is -0.386. The fourth-order valence-corrected chi connectivity index (χ4v) is 4.49. The average molecular weight is 431 g/mol. The molecule has 4 rings (SSSR count). The highest BCUT2D eigenvalue weighted by atomic mass is 32.2. The Labute approximate surface area is 173 Å². The van der Waals surface area contributed by atoms with Gasteiger partial charge in [0.2, 0.25) is 0 Å². The van der Waals surface area contributed by atoms with Crippen molar-refractivity contribution in [3.63, 3.8) is 0 Å². The molecule has 0 aliphatic carbocycles. The summed E-state index contributed by atoms with van der Waals surface area (Å²) in [5.41, 5.74) is 1.31. The summed E-state index contributed by atoms with van der Waals surface area (Å²) in [4.78, 5) is 20.6. The van der Waals surface area contributed by atoms with Crippen LogP contribution in [0.15, 0.2) is 58.7 Å². The quantitative estimate of drug-likeness (QED) is 0.407. The smallest absolute Gasteiger partial charge is 0.260 e. The lowest BCUT2D eigenvalue weighted by atomic mass is 10.1. The van der Waals surface area contributed by atoms with Crippen LogP contribution in [0.2, 0.25) is 0 Å². The Morgan fingerprint density at radius 2 is 1.90 bits per heavy atom. The summed E-state index contributed by atoms with van der Waals surface area (Å²) in [5.74, 6) is 1.23. The molecule has 2 heterocycles. The number of para-hydroxylation sites is 1. The number of rotatable bonds is 7. The van der Waals surface area contributed by atoms with Crippen molar-refractivity contribution >= 4 is 33.3 Å². The maximum Gasteiger partial charge on any atom is 0.260 e. The van der Waals surface area contributed by atoms with Gasteiger partial charge < -0.3 is 9.72 Å². The zero-order valence-electron chi connectivity index (χ0n) is 15.2. The van der Waals surface area contributed by atoms with Gasteiger partial charge in [-0.3, -0.25) is 4.79 Å². The van der Waals surface area contributed by atoms with Crippen LogP contribution in [0.1, 0.15) is 5.82 Å². The number of ether oxygens (including phenoxy) is 1. The van der Waals surface area contributed by atoms with Crippen LogP contribution in [0, 0.1) is 11.6 Å². The third kappa shape index (κ3) is 4.49. The van der Waals surface area contributed by atoms with Crippen molar-refractivity contribution in [2.45, 2.75) is 5.75 Å². The first-order valence-corrected chi connectivity index (χ1v) is 10.9. The van der Waals surface area contributed by atoms with E-state index in [1.54, 1.807) is 30.3 Å². The minimum absolute atomic E-state index is 0.214. The van der Waals surface area contributed by atoms with E-state index in [-0.39, 0.29) is 22.9 Å². The van der Waals surface area contributed by atoms with E-state index in [4.69, 9.17) is 4.74 Å². The van der Waals surface area contributed by atoms with Gasteiger partial charge in [0, 0.05) is 16.7 Å². The predicted molar refractivity (Wildman–Crippen MR) is 114 cm³/mol. The van der Waals surface area contributed by atoms with E-state index < -0.39 is 0 Å². The van der Waals surface area contributed by atoms with Crippen LogP contribution in [-0.2, 0) is 5.75 Å². The summed E-state index contributed by atoms with van der Waals surface area (Å²) in [6.45, 7) is 0.353. The molecule has 29 heavy (non-hydrogen) atoms. The Morgan fingerprint density at radius 3 is 2.69 bits per heavy atom. The second-order valence-electron chi connectivity index (χ2n) is 6.18. The maximum absolute atomic E-state index is 13.5. The molecule has 148 valence electrons. The SMILES string of the molecule is O=c1[nH]c(CSCCOc2ccccc2F)nc2scc(-c3ccc(F)cc3)c12. The van der Waals surface area contributed by atoms with Gasteiger partial charge in [-0.2, -0.15) is 11.8 Å². The fourth-order valence-electron chi connectivity index (χ4n) is 2.84. The molecule has 4 aromatic rings. The number of aromatic amines is 1. The maximum atomic E-state index is 13.5. The predicted octanol–water partition coefficient (Wildman–Crippen LogP) is 5.24. The van der Waals surface area contributed by atoms with Crippen LogP contribution in [0.25, 0.3) is 21.3 Å². The lowest BCUT2D eigenvalue weighted by Gasteiger charge is -2.06. The molecule has 0 fully saturated rings. The van der Waals surface area contributed by atoms with Crippen LogP contribution >= 0.6 is 23.1 Å². The lowest BCUT2D eigenvalue weighted by Crippen LogP contribution is -2.11. The van der Waals surface area contributed by atoms with Crippen LogP contribution in [0.4, 0.5) is 8.78 Å². The van der Waals surface area contributed by atoms with E-state index in [0.29, 0.717) is 34.2 Å². The molecule has 0 amide bonds. The number of hydrogen-bond acceptors (Lipinski definition) is 5. The highest BCUT2D eigenvalue weighted by Crippen LogP contribution is 2.31. The number of hydrogen-bond donors (Lipinski definition) is 1. The molecule has 0 saturated heterocycles. The van der Waals surface area contributed by atoms with Crippen molar-refractivity contribution in [2.75, 3.05) is 12.4 Å². The van der Waals surface area contributed by atoms with E-state index in [1.165, 1.54) is 41.3 Å². The lowest BCUT2D eigenvalue weighted by molar-refractivity contribution is 0.325. The Balaban J connectivity index is 1.41. The van der Waals surface area contributed by atoms with Crippen molar-refractivity contribution in [1.29, 1.82) is 0 Å². The monoisotopic (exact) mass is 430 g/mol. The number of thiophene rings is 1. The van der Waals surface area contributed by atoms with Crippen molar-refractivity contribution in [3.05, 3.63) is 81.7 Å². The molecule has 0 bridgehead atoms. The number of aromatic nitrogens is 2. The van der Waals surface area contributed by atoms with Gasteiger partial charge in [-0.1, -0.05) is 24.3 Å². The first-order valence-electron chi connectivity index (χ1n) is 8.83. The third-order valence-electron chi connectivity index (χ3n) is 4.21. The van der Waals surface area contributed by atoms with E-state index >= 15 is 0 Å². The van der Waals surface area contributed by atoms with Gasteiger partial charge in [-0.25, -0.2) is 13.8 Å². The molecular weight excluding hydrogens is 414 g/mol. The van der Waals surface area contributed by atoms with Crippen molar-refractivity contribution in [3.8, 4) is 16.9 Å². The largest absolute Gasteiger partial charge is 0.490 e. The number of fused-ring (bicyclic) bond motifs is 1. The molecule has 0 aliphatic heterocycles. The summed E-state index contributed by atoms with van der Waals surface area (Å²) in [6.07, 6.45) is 0. The Hall–Kier alpha value is -2.71. The van der Waals surface area contributed by atoms with Gasteiger partial charge in [0.05, 0.1) is 17.7 Å². The molecule has 0 spiro atoms. The zero-order valence-corrected chi connectivity index (χ0v) is 16.8. The summed E-state index contributed by atoms with van der Waals surface area (Å²) < 4.78 is 32.1. The number of nitrogens with zero attached hydrogens (tertiary/aromatic N) is 1. The Morgan fingerprint density at radius 1 is 1.10 bits per heavy atom. The van der Waals surface area contributed by atoms with Crippen molar-refractivity contribution in [1.82, 2.24) is 9.97 Å². The second-order valence-corrected chi connectivity index (χ2v) is 8.14. The molecule has 8 heteroatoms. The van der Waals surface area contributed by atoms with Crippen LogP contribution in [-0.4, -0.2) is 22.3 Å².